The van der Waals surface area contributed by atoms with Crippen LogP contribution in [0.3, 0.4) is 0 Å². The summed E-state index contributed by atoms with van der Waals surface area (Å²) < 4.78 is 85.3. The van der Waals surface area contributed by atoms with Gasteiger partial charge in [0.1, 0.15) is 17.4 Å². The molecular formula is C24H20F6N2O2. The highest BCUT2D eigenvalue weighted by molar-refractivity contribution is 6.07. The van der Waals surface area contributed by atoms with Crippen LogP contribution in [0.4, 0.5) is 26.3 Å². The van der Waals surface area contributed by atoms with Crippen molar-refractivity contribution in [3.63, 3.8) is 0 Å². The Morgan fingerprint density at radius 3 is 2.32 bits per heavy atom. The van der Waals surface area contributed by atoms with Gasteiger partial charge in [-0.3, -0.25) is 4.79 Å². The van der Waals surface area contributed by atoms with Gasteiger partial charge in [0.2, 0.25) is 0 Å². The van der Waals surface area contributed by atoms with E-state index in [2.05, 4.69) is 0 Å². The van der Waals surface area contributed by atoms with E-state index in [1.165, 1.54) is 18.2 Å². The third-order valence-electron chi connectivity index (χ3n) is 5.48. The van der Waals surface area contributed by atoms with E-state index in [1.807, 2.05) is 5.32 Å². The lowest BCUT2D eigenvalue weighted by molar-refractivity contribution is -0.201. The number of nitrogens with zero attached hydrogens (tertiary/aromatic N) is 1. The van der Waals surface area contributed by atoms with Crippen molar-refractivity contribution < 1.29 is 35.9 Å². The zero-order chi connectivity index (χ0) is 25.1. The zero-order valence-electron chi connectivity index (χ0n) is 18.0. The monoisotopic (exact) mass is 482 g/mol. The second-order valence-corrected chi connectivity index (χ2v) is 7.96. The fraction of sp³-hybridized carbons (Fsp3) is 0.333. The lowest BCUT2D eigenvalue weighted by Gasteiger charge is -2.40. The molecule has 1 atom stereocenters. The Morgan fingerprint density at radius 2 is 1.76 bits per heavy atom. The van der Waals surface area contributed by atoms with Gasteiger partial charge in [0.25, 0.3) is 5.91 Å². The molecule has 0 fully saturated rings. The van der Waals surface area contributed by atoms with Gasteiger partial charge in [0.15, 0.2) is 5.54 Å². The second kappa shape index (κ2) is 9.41. The smallest absolute Gasteiger partial charge is 0.416 e. The minimum Gasteiger partial charge on any atom is -0.494 e. The summed E-state index contributed by atoms with van der Waals surface area (Å²) in [7, 11) is 0. The molecule has 3 rings (SSSR count). The van der Waals surface area contributed by atoms with Gasteiger partial charge in [-0.2, -0.15) is 31.6 Å². The van der Waals surface area contributed by atoms with Gasteiger partial charge in [-0.05, 0) is 42.2 Å². The van der Waals surface area contributed by atoms with E-state index >= 15 is 0 Å². The minimum atomic E-state index is -4.92. The Kier molecular flexibility index (Phi) is 6.96. The second-order valence-electron chi connectivity index (χ2n) is 7.96. The van der Waals surface area contributed by atoms with E-state index < -0.39 is 42.2 Å². The van der Waals surface area contributed by atoms with Crippen LogP contribution in [0, 0.1) is 18.3 Å². The van der Waals surface area contributed by atoms with Crippen LogP contribution in [0.2, 0.25) is 0 Å². The summed E-state index contributed by atoms with van der Waals surface area (Å²) in [6.07, 6.45) is -11.3. The summed E-state index contributed by atoms with van der Waals surface area (Å²) in [5, 5.41) is 11.4. The van der Waals surface area contributed by atoms with Crippen LogP contribution in [-0.2, 0) is 10.3 Å². The lowest BCUT2D eigenvalue weighted by atomic mass is 9.76. The van der Waals surface area contributed by atoms with Crippen molar-refractivity contribution in [1.82, 2.24) is 5.32 Å². The molecule has 2 aromatic carbocycles. The summed E-state index contributed by atoms with van der Waals surface area (Å²) in [4.78, 5) is 12.6. The van der Waals surface area contributed by atoms with Crippen LogP contribution in [0.1, 0.15) is 36.0 Å². The molecule has 34 heavy (non-hydrogen) atoms. The van der Waals surface area contributed by atoms with Gasteiger partial charge in [0, 0.05) is 12.8 Å². The minimum absolute atomic E-state index is 0.0280. The lowest BCUT2D eigenvalue weighted by Crippen LogP contribution is -2.58. The van der Waals surface area contributed by atoms with Crippen LogP contribution < -0.4 is 10.1 Å². The average molecular weight is 482 g/mol. The Bertz CT molecular complexity index is 1130. The SMILES string of the molecule is Cc1cccc(C2=C(C#N)C(=O)NC(c3ccc(OCCCC(F)(F)F)cc3)(C(F)(F)F)C2)c1. The van der Waals surface area contributed by atoms with Crippen molar-refractivity contribution in [3.8, 4) is 11.8 Å². The van der Waals surface area contributed by atoms with Gasteiger partial charge < -0.3 is 10.1 Å². The van der Waals surface area contributed by atoms with Gasteiger partial charge in [0.05, 0.1) is 6.61 Å². The molecule has 2 aromatic rings. The summed E-state index contributed by atoms with van der Waals surface area (Å²) in [5.74, 6) is -1.05. The molecule has 0 aliphatic carbocycles. The first kappa shape index (κ1) is 25.1. The zero-order valence-corrected chi connectivity index (χ0v) is 18.0. The first-order valence-electron chi connectivity index (χ1n) is 10.3. The molecule has 0 spiro atoms. The van der Waals surface area contributed by atoms with Crippen molar-refractivity contribution in [2.24, 2.45) is 0 Å². The normalized spacial score (nSPS) is 18.9. The van der Waals surface area contributed by atoms with Crippen molar-refractivity contribution in [2.75, 3.05) is 6.61 Å². The first-order valence-corrected chi connectivity index (χ1v) is 10.3. The van der Waals surface area contributed by atoms with Gasteiger partial charge in [-0.1, -0.05) is 42.0 Å². The predicted octanol–water partition coefficient (Wildman–Crippen LogP) is 5.97. The van der Waals surface area contributed by atoms with Crippen molar-refractivity contribution in [1.29, 1.82) is 5.26 Å². The third kappa shape index (κ3) is 5.35. The molecule has 1 aliphatic heterocycles. The third-order valence-corrected chi connectivity index (χ3v) is 5.48. The summed E-state index contributed by atoms with van der Waals surface area (Å²) in [5.41, 5.74) is -2.44. The number of nitriles is 1. The first-order chi connectivity index (χ1) is 15.9. The molecule has 0 saturated carbocycles. The summed E-state index contributed by atoms with van der Waals surface area (Å²) >= 11 is 0. The molecule has 0 saturated heterocycles. The largest absolute Gasteiger partial charge is 0.494 e. The number of hydrogen-bond acceptors (Lipinski definition) is 3. The van der Waals surface area contributed by atoms with Crippen LogP contribution in [0.25, 0.3) is 5.57 Å². The Labute approximate surface area is 191 Å². The predicted molar refractivity (Wildman–Crippen MR) is 111 cm³/mol. The molecule has 10 heteroatoms. The Balaban J connectivity index is 1.95. The fourth-order valence-electron chi connectivity index (χ4n) is 3.80. The van der Waals surface area contributed by atoms with Crippen LogP contribution >= 0.6 is 0 Å². The average Bonchev–Trinajstić information content (AvgIpc) is 2.75. The molecule has 4 nitrogen and oxygen atoms in total. The maximum absolute atomic E-state index is 14.5. The number of aryl methyl sites for hydroxylation is 1. The molecule has 0 bridgehead atoms. The molecular weight excluding hydrogens is 462 g/mol. The van der Waals surface area contributed by atoms with Crippen molar-refractivity contribution >= 4 is 11.5 Å². The number of nitrogens with one attached hydrogen (secondary N) is 1. The summed E-state index contributed by atoms with van der Waals surface area (Å²) in [6.45, 7) is 1.48. The van der Waals surface area contributed by atoms with E-state index in [1.54, 1.807) is 31.2 Å². The van der Waals surface area contributed by atoms with E-state index in [0.29, 0.717) is 5.56 Å². The number of amides is 1. The number of benzene rings is 2. The van der Waals surface area contributed by atoms with Gasteiger partial charge >= 0.3 is 12.4 Å². The van der Waals surface area contributed by atoms with Gasteiger partial charge in [-0.15, -0.1) is 0 Å². The Hall–Kier alpha value is -3.48. The highest BCUT2D eigenvalue weighted by Crippen LogP contribution is 2.48. The molecule has 0 radical (unpaired) electrons. The van der Waals surface area contributed by atoms with Crippen molar-refractivity contribution in [3.05, 3.63) is 70.8 Å². The topological polar surface area (TPSA) is 62.1 Å². The number of halogens is 6. The van der Waals surface area contributed by atoms with Gasteiger partial charge in [-0.25, -0.2) is 0 Å². The standard InChI is InChI=1S/C24H20F6N2O2/c1-15-4-2-5-16(12-15)19-13-22(24(28,29)30,32-21(33)20(19)14-31)17-6-8-18(9-7-17)34-11-3-10-23(25,26)27/h2,4-9,12H,3,10-11,13H2,1H3,(H,32,33). The fourth-order valence-corrected chi connectivity index (χ4v) is 3.80. The van der Waals surface area contributed by atoms with E-state index in [-0.39, 0.29) is 29.9 Å². The maximum Gasteiger partial charge on any atom is 0.416 e. The number of hydrogen-bond donors (Lipinski definition) is 1. The van der Waals surface area contributed by atoms with E-state index in [9.17, 15) is 36.4 Å². The highest BCUT2D eigenvalue weighted by atomic mass is 19.4. The highest BCUT2D eigenvalue weighted by Gasteiger charge is 2.59. The number of ether oxygens (including phenoxy) is 1. The molecule has 1 unspecified atom stereocenters. The number of carbonyl (C=O) groups excluding carboxylic acids is 1. The Morgan fingerprint density at radius 1 is 1.09 bits per heavy atom. The summed E-state index contributed by atoms with van der Waals surface area (Å²) in [6, 6.07) is 12.8. The molecule has 1 N–H and O–H groups in total. The maximum atomic E-state index is 14.5. The number of alkyl halides is 6. The molecule has 0 aromatic heterocycles. The van der Waals surface area contributed by atoms with Crippen LogP contribution in [-0.4, -0.2) is 24.9 Å². The molecule has 1 aliphatic rings. The van der Waals surface area contributed by atoms with E-state index in [4.69, 9.17) is 4.74 Å². The molecule has 1 heterocycles. The van der Waals surface area contributed by atoms with E-state index in [0.717, 1.165) is 17.7 Å². The number of carbonyl (C=O) groups is 1. The molecule has 180 valence electrons. The number of rotatable bonds is 6. The quantitative estimate of drug-likeness (QED) is 0.408. The van der Waals surface area contributed by atoms with Crippen molar-refractivity contribution in [2.45, 2.75) is 44.1 Å². The van der Waals surface area contributed by atoms with Crippen LogP contribution in [0.15, 0.2) is 54.1 Å². The van der Waals surface area contributed by atoms with Crippen LogP contribution in [0.5, 0.6) is 5.75 Å². The molecule has 1 amide bonds.